The van der Waals surface area contributed by atoms with Crippen LogP contribution in [0.15, 0.2) is 0 Å². The standard InChI is InChI=1S/C19H35N3O7/c1-10(2)6-12(20)18(23)28-14-8-26-17-15(9-27-16(14)17)29-19(24)13(7-11(3)4)21-22(5)25/h10-17,21-22H,6-9,20H2,1-5H3. The number of hydroxylamine groups is 1. The van der Waals surface area contributed by atoms with Gasteiger partial charge < -0.3 is 29.9 Å². The van der Waals surface area contributed by atoms with Crippen LogP contribution in [0.4, 0.5) is 0 Å². The fourth-order valence-electron chi connectivity index (χ4n) is 3.63. The van der Waals surface area contributed by atoms with Crippen LogP contribution in [0, 0.1) is 17.0 Å². The minimum absolute atomic E-state index is 0.141. The zero-order valence-electron chi connectivity index (χ0n) is 17.9. The summed E-state index contributed by atoms with van der Waals surface area (Å²) in [7, 11) is 1.36. The number of rotatable bonds is 10. The monoisotopic (exact) mass is 417 g/mol. The van der Waals surface area contributed by atoms with Crippen LogP contribution in [-0.2, 0) is 28.5 Å². The van der Waals surface area contributed by atoms with Crippen molar-refractivity contribution in [2.45, 2.75) is 77.0 Å². The lowest BCUT2D eigenvalue weighted by molar-refractivity contribution is -0.878. The lowest BCUT2D eigenvalue weighted by Crippen LogP contribution is -3.12. The van der Waals surface area contributed by atoms with Gasteiger partial charge >= 0.3 is 11.9 Å². The van der Waals surface area contributed by atoms with E-state index in [4.69, 9.17) is 24.7 Å². The molecule has 10 nitrogen and oxygen atoms in total. The summed E-state index contributed by atoms with van der Waals surface area (Å²) in [5, 5.41) is 11.1. The minimum Gasteiger partial charge on any atom is -0.613 e. The van der Waals surface area contributed by atoms with Crippen LogP contribution in [-0.4, -0.2) is 68.7 Å². The summed E-state index contributed by atoms with van der Waals surface area (Å²) in [6, 6.07) is -1.42. The number of hydrogen-bond donors (Lipinski definition) is 3. The molecule has 2 heterocycles. The van der Waals surface area contributed by atoms with E-state index in [-0.39, 0.29) is 30.2 Å². The van der Waals surface area contributed by atoms with E-state index >= 15 is 0 Å². The smallest absolute Gasteiger partial charge is 0.328 e. The number of carbonyl (C=O) groups excluding carboxylic acids is 2. The molecule has 0 aromatic heterocycles. The van der Waals surface area contributed by atoms with Crippen LogP contribution in [0.25, 0.3) is 0 Å². The van der Waals surface area contributed by atoms with Crippen LogP contribution in [0.1, 0.15) is 40.5 Å². The SMILES string of the molecule is CC(C)CC(N)C(=O)OC1COC2C(OC(=O)C(CC(C)C)N[NH+](C)[O-])COC12. The molecule has 7 atom stereocenters. The molecular weight excluding hydrogens is 382 g/mol. The molecule has 0 spiro atoms. The van der Waals surface area contributed by atoms with Crippen LogP contribution in [0.5, 0.6) is 0 Å². The van der Waals surface area contributed by atoms with Gasteiger partial charge in [-0.3, -0.25) is 14.8 Å². The van der Waals surface area contributed by atoms with E-state index in [0.29, 0.717) is 12.8 Å². The Balaban J connectivity index is 1.90. The fraction of sp³-hybridized carbons (Fsp3) is 0.895. The van der Waals surface area contributed by atoms with Crippen molar-refractivity contribution in [3.63, 3.8) is 0 Å². The third-order valence-electron chi connectivity index (χ3n) is 4.89. The topological polar surface area (TPSA) is 137 Å². The average molecular weight is 418 g/mol. The van der Waals surface area contributed by atoms with E-state index in [1.54, 1.807) is 0 Å². The van der Waals surface area contributed by atoms with E-state index in [1.807, 2.05) is 27.7 Å². The molecule has 0 aromatic carbocycles. The van der Waals surface area contributed by atoms with Crippen LogP contribution >= 0.6 is 0 Å². The Morgan fingerprint density at radius 2 is 1.52 bits per heavy atom. The maximum absolute atomic E-state index is 12.6. The predicted octanol–water partition coefficient (Wildman–Crippen LogP) is -1.09. The van der Waals surface area contributed by atoms with Gasteiger partial charge in [0.2, 0.25) is 0 Å². The second kappa shape index (κ2) is 10.6. The molecule has 2 fully saturated rings. The summed E-state index contributed by atoms with van der Waals surface area (Å²) >= 11 is 0. The summed E-state index contributed by atoms with van der Waals surface area (Å²) < 4.78 is 22.5. The lowest BCUT2D eigenvalue weighted by atomic mass is 10.0. The number of esters is 2. The highest BCUT2D eigenvalue weighted by molar-refractivity contribution is 5.76. The number of ether oxygens (including phenoxy) is 4. The molecule has 168 valence electrons. The molecule has 7 unspecified atom stereocenters. The second-order valence-corrected chi connectivity index (χ2v) is 8.67. The van der Waals surface area contributed by atoms with Crippen molar-refractivity contribution in [1.29, 1.82) is 0 Å². The first-order valence-corrected chi connectivity index (χ1v) is 10.2. The summed E-state index contributed by atoms with van der Waals surface area (Å²) in [5.74, 6) is -0.529. The quantitative estimate of drug-likeness (QED) is 0.299. The zero-order valence-corrected chi connectivity index (χ0v) is 17.9. The number of nitrogens with one attached hydrogen (secondary N) is 2. The normalized spacial score (nSPS) is 29.6. The first-order valence-electron chi connectivity index (χ1n) is 10.2. The molecule has 0 aliphatic carbocycles. The van der Waals surface area contributed by atoms with E-state index in [9.17, 15) is 14.8 Å². The van der Waals surface area contributed by atoms with Gasteiger partial charge in [0.15, 0.2) is 18.2 Å². The largest absolute Gasteiger partial charge is 0.613 e. The van der Waals surface area contributed by atoms with E-state index in [2.05, 4.69) is 5.43 Å². The highest BCUT2D eigenvalue weighted by Gasteiger charge is 2.51. The Labute approximate surface area is 171 Å². The highest BCUT2D eigenvalue weighted by atomic mass is 16.7. The first kappa shape index (κ1) is 24.0. The molecule has 4 N–H and O–H groups in total. The van der Waals surface area contributed by atoms with E-state index in [0.717, 1.165) is 0 Å². The number of fused-ring (bicyclic) bond motifs is 1. The van der Waals surface area contributed by atoms with Gasteiger partial charge in [0, 0.05) is 0 Å². The fourth-order valence-corrected chi connectivity index (χ4v) is 3.63. The minimum atomic E-state index is -0.726. The Hall–Kier alpha value is -1.30. The molecule has 10 heteroatoms. The first-order chi connectivity index (χ1) is 13.6. The Morgan fingerprint density at radius 3 is 1.97 bits per heavy atom. The third-order valence-corrected chi connectivity index (χ3v) is 4.89. The molecule has 0 bridgehead atoms. The highest BCUT2D eigenvalue weighted by Crippen LogP contribution is 2.31. The molecule has 0 aromatic rings. The molecule has 29 heavy (non-hydrogen) atoms. The Morgan fingerprint density at radius 1 is 1.03 bits per heavy atom. The average Bonchev–Trinajstić information content (AvgIpc) is 3.16. The molecule has 2 saturated heterocycles. The molecule has 0 saturated carbocycles. The van der Waals surface area contributed by atoms with Crippen molar-refractivity contribution in [3.05, 3.63) is 5.21 Å². The predicted molar refractivity (Wildman–Crippen MR) is 103 cm³/mol. The zero-order chi connectivity index (χ0) is 21.7. The van der Waals surface area contributed by atoms with Crippen molar-refractivity contribution >= 4 is 11.9 Å². The molecule has 2 rings (SSSR count). The molecular formula is C19H35N3O7. The van der Waals surface area contributed by atoms with Gasteiger partial charge in [-0.15, -0.1) is 0 Å². The van der Waals surface area contributed by atoms with Crippen LogP contribution in [0.3, 0.4) is 0 Å². The Bertz CT molecular complexity index is 548. The van der Waals surface area contributed by atoms with E-state index in [1.165, 1.54) is 7.05 Å². The van der Waals surface area contributed by atoms with Crippen molar-refractivity contribution in [2.24, 2.45) is 17.6 Å². The number of carbonyl (C=O) groups is 2. The summed E-state index contributed by atoms with van der Waals surface area (Å²) in [4.78, 5) is 24.8. The van der Waals surface area contributed by atoms with Crippen molar-refractivity contribution in [3.8, 4) is 0 Å². The number of nitrogens with two attached hydrogens (primary N) is 1. The molecule has 0 radical (unpaired) electrons. The van der Waals surface area contributed by atoms with Gasteiger partial charge in [0.25, 0.3) is 0 Å². The van der Waals surface area contributed by atoms with E-state index < -0.39 is 48.4 Å². The molecule has 2 aliphatic heterocycles. The van der Waals surface area contributed by atoms with Crippen LogP contribution < -0.4 is 16.3 Å². The van der Waals surface area contributed by atoms with Gasteiger partial charge in [0.1, 0.15) is 18.2 Å². The maximum atomic E-state index is 12.6. The number of quaternary nitrogens is 1. The van der Waals surface area contributed by atoms with Crippen LogP contribution in [0.2, 0.25) is 0 Å². The Kier molecular flexibility index (Phi) is 8.80. The second-order valence-electron chi connectivity index (χ2n) is 8.67. The third kappa shape index (κ3) is 6.87. The van der Waals surface area contributed by atoms with Gasteiger partial charge in [-0.1, -0.05) is 27.7 Å². The summed E-state index contributed by atoms with van der Waals surface area (Å²) in [6.07, 6.45) is -1.24. The van der Waals surface area contributed by atoms with Crippen molar-refractivity contribution < 1.29 is 33.7 Å². The van der Waals surface area contributed by atoms with Gasteiger partial charge in [-0.2, -0.15) is 5.43 Å². The van der Waals surface area contributed by atoms with Gasteiger partial charge in [-0.05, 0) is 24.7 Å². The van der Waals surface area contributed by atoms with Crippen molar-refractivity contribution in [1.82, 2.24) is 5.43 Å². The molecule has 2 aliphatic rings. The number of hydrogen-bond acceptors (Lipinski definition) is 9. The van der Waals surface area contributed by atoms with Gasteiger partial charge in [-0.25, -0.2) is 0 Å². The lowest BCUT2D eigenvalue weighted by Gasteiger charge is -2.26. The summed E-state index contributed by atoms with van der Waals surface area (Å²) in [5.41, 5.74) is 8.51. The van der Waals surface area contributed by atoms with Crippen molar-refractivity contribution in [2.75, 3.05) is 20.3 Å². The summed E-state index contributed by atoms with van der Waals surface area (Å²) in [6.45, 7) is 8.18. The molecule has 0 amide bonds. The maximum Gasteiger partial charge on any atom is 0.328 e. The van der Waals surface area contributed by atoms with Gasteiger partial charge in [0.05, 0.1) is 20.3 Å².